The number of H-pyrrole nitrogens is 1. The quantitative estimate of drug-likeness (QED) is 0.919. The third kappa shape index (κ3) is 3.18. The van der Waals surface area contributed by atoms with Crippen molar-refractivity contribution in [3.8, 4) is 0 Å². The van der Waals surface area contributed by atoms with Gasteiger partial charge in [0.25, 0.3) is 5.91 Å². The molecule has 0 aromatic carbocycles. The highest BCUT2D eigenvalue weighted by Crippen LogP contribution is 2.35. The second kappa shape index (κ2) is 6.09. The van der Waals surface area contributed by atoms with Crippen molar-refractivity contribution >= 4 is 27.1 Å². The van der Waals surface area contributed by atoms with E-state index < -0.39 is 9.84 Å². The number of hydrogen-bond donors (Lipinski definition) is 1. The first-order valence-corrected chi connectivity index (χ1v) is 10.2. The van der Waals surface area contributed by atoms with Gasteiger partial charge in [0.2, 0.25) is 0 Å². The molecule has 0 aliphatic carbocycles. The number of carbonyl (C=O) groups excluding carboxylic acids is 1. The number of nitrogens with one attached hydrogen (secondary N) is 1. The van der Waals surface area contributed by atoms with E-state index in [0.717, 1.165) is 24.1 Å². The third-order valence-electron chi connectivity index (χ3n) is 4.08. The largest absolute Gasteiger partial charge is 0.329 e. The van der Waals surface area contributed by atoms with Crippen LogP contribution in [0.4, 0.5) is 0 Å². The molecule has 23 heavy (non-hydrogen) atoms. The maximum atomic E-state index is 12.8. The molecular formula is C15H19N3O3S2. The van der Waals surface area contributed by atoms with Crippen LogP contribution in [0.1, 0.15) is 45.5 Å². The molecule has 3 rings (SSSR count). The Morgan fingerprint density at radius 3 is 2.83 bits per heavy atom. The number of likely N-dealkylation sites (tertiary alicyclic amines) is 1. The van der Waals surface area contributed by atoms with Crippen LogP contribution in [0.2, 0.25) is 0 Å². The van der Waals surface area contributed by atoms with Crippen LogP contribution in [0.25, 0.3) is 0 Å². The summed E-state index contributed by atoms with van der Waals surface area (Å²) in [7, 11) is -3.38. The van der Waals surface area contributed by atoms with Gasteiger partial charge >= 0.3 is 0 Å². The first-order chi connectivity index (χ1) is 10.9. The summed E-state index contributed by atoms with van der Waals surface area (Å²) in [6, 6.07) is 3.49. The Balaban J connectivity index is 1.97. The van der Waals surface area contributed by atoms with E-state index >= 15 is 0 Å². The van der Waals surface area contributed by atoms with Crippen LogP contribution in [-0.2, 0) is 9.84 Å². The van der Waals surface area contributed by atoms with Gasteiger partial charge in [-0.25, -0.2) is 8.42 Å². The second-order valence-corrected chi connectivity index (χ2v) is 9.11. The minimum atomic E-state index is -3.38. The fourth-order valence-corrected chi connectivity index (χ4v) is 4.63. The molecule has 1 atom stereocenters. The van der Waals surface area contributed by atoms with Gasteiger partial charge in [0, 0.05) is 17.7 Å². The van der Waals surface area contributed by atoms with Crippen LogP contribution in [0.3, 0.4) is 0 Å². The molecule has 2 aromatic rings. The first kappa shape index (κ1) is 16.2. The summed E-state index contributed by atoms with van der Waals surface area (Å²) in [5.41, 5.74) is 0.522. The molecular weight excluding hydrogens is 334 g/mol. The van der Waals surface area contributed by atoms with Gasteiger partial charge in [-0.15, -0.1) is 11.3 Å². The summed E-state index contributed by atoms with van der Waals surface area (Å²) in [5, 5.41) is 6.70. The zero-order valence-electron chi connectivity index (χ0n) is 13.1. The van der Waals surface area contributed by atoms with Crippen molar-refractivity contribution in [3.63, 3.8) is 0 Å². The number of rotatable bonds is 3. The van der Waals surface area contributed by atoms with Crippen LogP contribution < -0.4 is 0 Å². The lowest BCUT2D eigenvalue weighted by Gasteiger charge is -2.35. The highest BCUT2D eigenvalue weighted by Gasteiger charge is 2.33. The molecule has 1 amide bonds. The number of piperidine rings is 1. The van der Waals surface area contributed by atoms with E-state index in [1.54, 1.807) is 4.90 Å². The predicted octanol–water partition coefficient (Wildman–Crippen LogP) is 2.55. The number of nitrogens with zero attached hydrogens (tertiary/aromatic N) is 2. The van der Waals surface area contributed by atoms with Crippen LogP contribution in [0.15, 0.2) is 23.2 Å². The third-order valence-corrected chi connectivity index (χ3v) is 6.19. The number of thiophene rings is 1. The van der Waals surface area contributed by atoms with Gasteiger partial charge < -0.3 is 4.90 Å². The van der Waals surface area contributed by atoms with E-state index in [4.69, 9.17) is 0 Å². The summed E-state index contributed by atoms with van der Waals surface area (Å²) in [6.07, 6.45) is 5.12. The van der Waals surface area contributed by atoms with Gasteiger partial charge in [0.15, 0.2) is 9.84 Å². The van der Waals surface area contributed by atoms with E-state index in [1.807, 2.05) is 19.1 Å². The van der Waals surface area contributed by atoms with Crippen LogP contribution in [0.5, 0.6) is 0 Å². The van der Waals surface area contributed by atoms with E-state index in [-0.39, 0.29) is 16.8 Å². The molecule has 0 saturated carbocycles. The van der Waals surface area contributed by atoms with E-state index in [9.17, 15) is 13.2 Å². The number of hydrogen-bond acceptors (Lipinski definition) is 5. The van der Waals surface area contributed by atoms with Crippen molar-refractivity contribution < 1.29 is 13.2 Å². The Kier molecular flexibility index (Phi) is 4.29. The maximum Gasteiger partial charge on any atom is 0.264 e. The van der Waals surface area contributed by atoms with E-state index in [2.05, 4.69) is 10.2 Å². The summed E-state index contributed by atoms with van der Waals surface area (Å²) < 4.78 is 23.9. The molecule has 1 saturated heterocycles. The molecule has 2 aromatic heterocycles. The molecule has 0 spiro atoms. The fraction of sp³-hybridized carbons (Fsp3) is 0.467. The van der Waals surface area contributed by atoms with Crippen LogP contribution >= 0.6 is 11.3 Å². The molecule has 1 aliphatic rings. The van der Waals surface area contributed by atoms with Gasteiger partial charge in [-0.2, -0.15) is 5.10 Å². The lowest BCUT2D eigenvalue weighted by atomic mass is 9.99. The zero-order chi connectivity index (χ0) is 16.6. The summed E-state index contributed by atoms with van der Waals surface area (Å²) in [4.78, 5) is 16.6. The SMILES string of the molecule is Cc1ccc(C(=O)N2CCCC[C@H]2c2[nH]ncc2S(C)(=O)=O)s1. The lowest BCUT2D eigenvalue weighted by Crippen LogP contribution is -2.38. The lowest BCUT2D eigenvalue weighted by molar-refractivity contribution is 0.0607. The molecule has 0 unspecified atom stereocenters. The number of amides is 1. The number of aryl methyl sites for hydroxylation is 1. The standard InChI is InChI=1S/C15H19N3O3S2/c1-10-6-7-12(22-10)15(19)18-8-4-3-5-11(18)14-13(9-16-17-14)23(2,20)21/h6-7,9,11H,3-5,8H2,1-2H3,(H,16,17)/t11-/m0/s1. The van der Waals surface area contributed by atoms with Crippen LogP contribution in [0, 0.1) is 6.92 Å². The molecule has 1 N–H and O–H groups in total. The van der Waals surface area contributed by atoms with E-state index in [0.29, 0.717) is 17.1 Å². The smallest absolute Gasteiger partial charge is 0.264 e. The summed E-state index contributed by atoms with van der Waals surface area (Å²) in [5.74, 6) is -0.0400. The van der Waals surface area contributed by atoms with Crippen molar-refractivity contribution in [3.05, 3.63) is 33.8 Å². The Hall–Kier alpha value is -1.67. The molecule has 6 nitrogen and oxygen atoms in total. The van der Waals surface area contributed by atoms with Crippen LogP contribution in [-0.4, -0.2) is 42.2 Å². The topological polar surface area (TPSA) is 83.1 Å². The van der Waals surface area contributed by atoms with Gasteiger partial charge in [0.1, 0.15) is 4.90 Å². The minimum absolute atomic E-state index is 0.0400. The normalized spacial score (nSPS) is 19.0. The maximum absolute atomic E-state index is 12.8. The minimum Gasteiger partial charge on any atom is -0.329 e. The summed E-state index contributed by atoms with van der Waals surface area (Å²) >= 11 is 1.46. The Morgan fingerprint density at radius 1 is 1.39 bits per heavy atom. The highest BCUT2D eigenvalue weighted by atomic mass is 32.2. The van der Waals surface area contributed by atoms with Crippen molar-refractivity contribution in [2.24, 2.45) is 0 Å². The molecule has 0 bridgehead atoms. The molecule has 1 fully saturated rings. The fourth-order valence-electron chi connectivity index (χ4n) is 2.99. The van der Waals surface area contributed by atoms with Gasteiger partial charge in [0.05, 0.1) is 22.8 Å². The molecule has 0 radical (unpaired) electrons. The van der Waals surface area contributed by atoms with Crippen molar-refractivity contribution in [2.75, 3.05) is 12.8 Å². The van der Waals surface area contributed by atoms with Gasteiger partial charge in [-0.1, -0.05) is 0 Å². The molecule has 8 heteroatoms. The predicted molar refractivity (Wildman–Crippen MR) is 88.4 cm³/mol. The highest BCUT2D eigenvalue weighted by molar-refractivity contribution is 7.90. The Labute approximate surface area is 139 Å². The molecule has 1 aliphatic heterocycles. The Morgan fingerprint density at radius 2 is 2.17 bits per heavy atom. The summed E-state index contributed by atoms with van der Waals surface area (Å²) in [6.45, 7) is 2.59. The van der Waals surface area contributed by atoms with Gasteiger partial charge in [-0.3, -0.25) is 9.89 Å². The Bertz CT molecular complexity index is 823. The second-order valence-electron chi connectivity index (χ2n) is 5.84. The van der Waals surface area contributed by atoms with Crippen molar-refractivity contribution in [1.29, 1.82) is 0 Å². The van der Waals surface area contributed by atoms with Crippen molar-refractivity contribution in [1.82, 2.24) is 15.1 Å². The number of aromatic nitrogens is 2. The first-order valence-electron chi connectivity index (χ1n) is 7.48. The monoisotopic (exact) mass is 353 g/mol. The number of aromatic amines is 1. The molecule has 3 heterocycles. The van der Waals surface area contributed by atoms with Gasteiger partial charge in [-0.05, 0) is 38.3 Å². The number of carbonyl (C=O) groups is 1. The van der Waals surface area contributed by atoms with E-state index in [1.165, 1.54) is 23.8 Å². The van der Waals surface area contributed by atoms with Crippen molar-refractivity contribution in [2.45, 2.75) is 37.1 Å². The average Bonchev–Trinajstić information content (AvgIpc) is 3.14. The average molecular weight is 353 g/mol. The number of sulfone groups is 1. The zero-order valence-corrected chi connectivity index (χ0v) is 14.7. The molecule has 124 valence electrons.